The first-order valence-corrected chi connectivity index (χ1v) is 7.57. The summed E-state index contributed by atoms with van der Waals surface area (Å²) < 4.78 is 3.30. The van der Waals surface area contributed by atoms with Crippen molar-refractivity contribution in [2.45, 2.75) is 13.0 Å². The number of rotatable bonds is 2. The quantitative estimate of drug-likeness (QED) is 0.919. The molecule has 4 nitrogen and oxygen atoms in total. The van der Waals surface area contributed by atoms with Crippen LogP contribution in [0.4, 0.5) is 0 Å². The predicted molar refractivity (Wildman–Crippen MR) is 81.2 cm³/mol. The zero-order valence-electron chi connectivity index (χ0n) is 11.2. The Morgan fingerprint density at radius 2 is 2.21 bits per heavy atom. The lowest BCUT2D eigenvalue weighted by Gasteiger charge is -2.18. The van der Waals surface area contributed by atoms with Crippen molar-refractivity contribution >= 4 is 27.0 Å². The molecule has 19 heavy (non-hydrogen) atoms. The highest BCUT2D eigenvalue weighted by molar-refractivity contribution is 9.10. The Morgan fingerprint density at radius 3 is 3.11 bits per heavy atom. The average molecular weight is 323 g/mol. The second-order valence-corrected chi connectivity index (χ2v) is 6.02. The van der Waals surface area contributed by atoms with Gasteiger partial charge in [0.05, 0.1) is 17.6 Å². The van der Waals surface area contributed by atoms with Gasteiger partial charge in [-0.3, -0.25) is 4.90 Å². The van der Waals surface area contributed by atoms with Gasteiger partial charge in [-0.25, -0.2) is 4.98 Å². The largest absolute Gasteiger partial charge is 0.330 e. The van der Waals surface area contributed by atoms with Crippen molar-refractivity contribution in [2.24, 2.45) is 7.05 Å². The number of nitrogens with one attached hydrogen (secondary N) is 1. The molecule has 1 aliphatic heterocycles. The number of imidazole rings is 1. The van der Waals surface area contributed by atoms with E-state index >= 15 is 0 Å². The van der Waals surface area contributed by atoms with Gasteiger partial charge in [-0.1, -0.05) is 15.9 Å². The monoisotopic (exact) mass is 322 g/mol. The fourth-order valence-electron chi connectivity index (χ4n) is 2.62. The summed E-state index contributed by atoms with van der Waals surface area (Å²) in [6.45, 7) is 5.40. The smallest absolute Gasteiger partial charge is 0.123 e. The van der Waals surface area contributed by atoms with Crippen LogP contribution in [-0.4, -0.2) is 40.6 Å². The van der Waals surface area contributed by atoms with E-state index in [1.54, 1.807) is 0 Å². The van der Waals surface area contributed by atoms with E-state index in [0.29, 0.717) is 0 Å². The molecule has 0 radical (unpaired) electrons. The molecule has 1 aromatic heterocycles. The van der Waals surface area contributed by atoms with Gasteiger partial charge in [0.25, 0.3) is 0 Å². The first-order valence-electron chi connectivity index (χ1n) is 6.78. The van der Waals surface area contributed by atoms with Gasteiger partial charge < -0.3 is 9.88 Å². The maximum absolute atomic E-state index is 4.77. The predicted octanol–water partition coefficient (Wildman–Crippen LogP) is 2.13. The van der Waals surface area contributed by atoms with Crippen molar-refractivity contribution in [2.75, 3.05) is 26.2 Å². The highest BCUT2D eigenvalue weighted by atomic mass is 79.9. The average Bonchev–Trinajstić information content (AvgIpc) is 2.58. The molecule has 0 unspecified atom stereocenters. The summed E-state index contributed by atoms with van der Waals surface area (Å²) in [6, 6.07) is 6.28. The Labute approximate surface area is 121 Å². The summed E-state index contributed by atoms with van der Waals surface area (Å²) in [7, 11) is 2.11. The molecule has 1 saturated heterocycles. The van der Waals surface area contributed by atoms with Crippen LogP contribution >= 0.6 is 15.9 Å². The summed E-state index contributed by atoms with van der Waals surface area (Å²) in [4.78, 5) is 7.25. The number of aryl methyl sites for hydroxylation is 1. The second kappa shape index (κ2) is 5.61. The molecule has 3 rings (SSSR count). The molecule has 0 atom stereocenters. The molecule has 5 heteroatoms. The molecule has 102 valence electrons. The SMILES string of the molecule is Cn1c(CN2CCCNCC2)nc2cc(Br)ccc21. The van der Waals surface area contributed by atoms with Crippen LogP contribution < -0.4 is 5.32 Å². The summed E-state index contributed by atoms with van der Waals surface area (Å²) in [5.74, 6) is 1.15. The number of benzene rings is 1. The maximum Gasteiger partial charge on any atom is 0.123 e. The van der Waals surface area contributed by atoms with Crippen molar-refractivity contribution in [3.8, 4) is 0 Å². The molecule has 0 bridgehead atoms. The molecule has 0 saturated carbocycles. The van der Waals surface area contributed by atoms with Crippen LogP contribution in [0.15, 0.2) is 22.7 Å². The number of hydrogen-bond donors (Lipinski definition) is 1. The number of halogens is 1. The van der Waals surface area contributed by atoms with Crippen LogP contribution in [0.5, 0.6) is 0 Å². The lowest BCUT2D eigenvalue weighted by atomic mass is 10.3. The third-order valence-corrected chi connectivity index (χ3v) is 4.23. The van der Waals surface area contributed by atoms with Gasteiger partial charge in [0.15, 0.2) is 0 Å². The minimum absolute atomic E-state index is 0.935. The fourth-order valence-corrected chi connectivity index (χ4v) is 2.97. The van der Waals surface area contributed by atoms with E-state index in [-0.39, 0.29) is 0 Å². The van der Waals surface area contributed by atoms with Crippen molar-refractivity contribution in [1.29, 1.82) is 0 Å². The van der Waals surface area contributed by atoms with Crippen molar-refractivity contribution in [3.63, 3.8) is 0 Å². The van der Waals surface area contributed by atoms with E-state index in [4.69, 9.17) is 4.98 Å². The normalized spacial score (nSPS) is 17.8. The zero-order chi connectivity index (χ0) is 13.2. The van der Waals surface area contributed by atoms with E-state index < -0.39 is 0 Å². The van der Waals surface area contributed by atoms with Crippen LogP contribution in [0.3, 0.4) is 0 Å². The summed E-state index contributed by atoms with van der Waals surface area (Å²) in [6.07, 6.45) is 1.22. The Morgan fingerprint density at radius 1 is 1.32 bits per heavy atom. The minimum Gasteiger partial charge on any atom is -0.330 e. The first-order chi connectivity index (χ1) is 9.24. The number of hydrogen-bond acceptors (Lipinski definition) is 3. The third-order valence-electron chi connectivity index (χ3n) is 3.73. The molecule has 0 spiro atoms. The van der Waals surface area contributed by atoms with Gasteiger partial charge in [0.2, 0.25) is 0 Å². The molecule has 1 aromatic carbocycles. The van der Waals surface area contributed by atoms with Gasteiger partial charge in [0, 0.05) is 24.6 Å². The van der Waals surface area contributed by atoms with Crippen molar-refractivity contribution in [3.05, 3.63) is 28.5 Å². The van der Waals surface area contributed by atoms with E-state index in [1.807, 2.05) is 0 Å². The fraction of sp³-hybridized carbons (Fsp3) is 0.500. The van der Waals surface area contributed by atoms with E-state index in [1.165, 1.54) is 11.9 Å². The van der Waals surface area contributed by atoms with Crippen LogP contribution in [0.2, 0.25) is 0 Å². The molecule has 2 heterocycles. The van der Waals surface area contributed by atoms with Crippen LogP contribution in [0, 0.1) is 0 Å². The third kappa shape index (κ3) is 2.83. The number of fused-ring (bicyclic) bond motifs is 1. The Hall–Kier alpha value is -0.910. The molecular formula is C14H19BrN4. The van der Waals surface area contributed by atoms with Gasteiger partial charge in [0.1, 0.15) is 5.82 Å². The molecule has 0 aliphatic carbocycles. The summed E-state index contributed by atoms with van der Waals surface area (Å²) in [5, 5.41) is 3.44. The topological polar surface area (TPSA) is 33.1 Å². The summed E-state index contributed by atoms with van der Waals surface area (Å²) in [5.41, 5.74) is 2.27. The van der Waals surface area contributed by atoms with Crippen LogP contribution in [-0.2, 0) is 13.6 Å². The van der Waals surface area contributed by atoms with E-state index in [2.05, 4.69) is 56.0 Å². The molecule has 1 fully saturated rings. The highest BCUT2D eigenvalue weighted by Crippen LogP contribution is 2.20. The second-order valence-electron chi connectivity index (χ2n) is 5.10. The van der Waals surface area contributed by atoms with Gasteiger partial charge in [-0.05, 0) is 37.7 Å². The standard InChI is InChI=1S/C14H19BrN4/c1-18-13-4-3-11(15)9-12(13)17-14(18)10-19-7-2-5-16-6-8-19/h3-4,9,16H,2,5-8,10H2,1H3. The van der Waals surface area contributed by atoms with E-state index in [9.17, 15) is 0 Å². The molecule has 1 N–H and O–H groups in total. The van der Waals surface area contributed by atoms with Gasteiger partial charge in [-0.15, -0.1) is 0 Å². The van der Waals surface area contributed by atoms with E-state index in [0.717, 1.165) is 48.5 Å². The van der Waals surface area contributed by atoms with Gasteiger partial charge in [-0.2, -0.15) is 0 Å². The molecular weight excluding hydrogens is 304 g/mol. The maximum atomic E-state index is 4.77. The molecule has 1 aliphatic rings. The van der Waals surface area contributed by atoms with Crippen LogP contribution in [0.1, 0.15) is 12.2 Å². The number of nitrogens with zero attached hydrogens (tertiary/aromatic N) is 3. The van der Waals surface area contributed by atoms with Crippen molar-refractivity contribution < 1.29 is 0 Å². The van der Waals surface area contributed by atoms with Crippen molar-refractivity contribution in [1.82, 2.24) is 19.8 Å². The Bertz CT molecular complexity index is 570. The Kier molecular flexibility index (Phi) is 3.86. The highest BCUT2D eigenvalue weighted by Gasteiger charge is 2.13. The molecule has 2 aromatic rings. The van der Waals surface area contributed by atoms with Crippen LogP contribution in [0.25, 0.3) is 11.0 Å². The van der Waals surface area contributed by atoms with Gasteiger partial charge >= 0.3 is 0 Å². The number of aromatic nitrogens is 2. The zero-order valence-corrected chi connectivity index (χ0v) is 12.8. The minimum atomic E-state index is 0.935. The molecule has 0 amide bonds. The Balaban J connectivity index is 1.85. The lowest BCUT2D eigenvalue weighted by molar-refractivity contribution is 0.275. The first kappa shape index (κ1) is 13.1. The summed E-state index contributed by atoms with van der Waals surface area (Å²) >= 11 is 3.51. The lowest BCUT2D eigenvalue weighted by Crippen LogP contribution is -2.28.